The van der Waals surface area contributed by atoms with Gasteiger partial charge in [-0.2, -0.15) is 0 Å². The van der Waals surface area contributed by atoms with Crippen LogP contribution in [0.25, 0.3) is 0 Å². The number of benzene rings is 3. The summed E-state index contributed by atoms with van der Waals surface area (Å²) in [7, 11) is 0. The maximum absolute atomic E-state index is 14.3. The third-order valence-electron chi connectivity index (χ3n) is 5.97. The molecule has 1 aliphatic heterocycles. The summed E-state index contributed by atoms with van der Waals surface area (Å²) in [6, 6.07) is 17.8. The fourth-order valence-electron chi connectivity index (χ4n) is 4.27. The van der Waals surface area contributed by atoms with Crippen LogP contribution in [0.15, 0.2) is 60.7 Å². The first kappa shape index (κ1) is 22.8. The summed E-state index contributed by atoms with van der Waals surface area (Å²) < 4.78 is 33.7. The van der Waals surface area contributed by atoms with Crippen molar-refractivity contribution in [2.24, 2.45) is 0 Å². The van der Waals surface area contributed by atoms with E-state index in [0.29, 0.717) is 43.8 Å². The Balaban J connectivity index is 1.39. The van der Waals surface area contributed by atoms with E-state index in [-0.39, 0.29) is 17.4 Å². The number of rotatable bonds is 10. The smallest absolute Gasteiger partial charge is 0.165 e. The van der Waals surface area contributed by atoms with Gasteiger partial charge in [-0.3, -0.25) is 0 Å². The average Bonchev–Trinajstić information content (AvgIpc) is 2.83. The highest BCUT2D eigenvalue weighted by Crippen LogP contribution is 2.30. The molecule has 0 fully saturated rings. The minimum atomic E-state index is -0.349. The van der Waals surface area contributed by atoms with Crippen molar-refractivity contribution in [3.8, 4) is 5.75 Å². The van der Waals surface area contributed by atoms with E-state index in [2.05, 4.69) is 22.3 Å². The van der Waals surface area contributed by atoms with Gasteiger partial charge in [-0.05, 0) is 66.3 Å². The zero-order chi connectivity index (χ0) is 23.0. The molecule has 0 unspecified atom stereocenters. The highest BCUT2D eigenvalue weighted by Gasteiger charge is 2.19. The van der Waals surface area contributed by atoms with Crippen LogP contribution in [0, 0.1) is 11.6 Å². The maximum Gasteiger partial charge on any atom is 0.165 e. The van der Waals surface area contributed by atoms with Crippen LogP contribution in [0.1, 0.15) is 29.5 Å². The normalized spacial score (nSPS) is 12.8. The molecule has 172 valence electrons. The van der Waals surface area contributed by atoms with Crippen molar-refractivity contribution in [2.75, 3.05) is 29.9 Å². The highest BCUT2D eigenvalue weighted by molar-refractivity contribution is 5.59. The molecule has 1 heterocycles. The summed E-state index contributed by atoms with van der Waals surface area (Å²) in [6.07, 6.45) is 3.56. The Morgan fingerprint density at radius 3 is 2.70 bits per heavy atom. The van der Waals surface area contributed by atoms with Gasteiger partial charge in [-0.25, -0.2) is 8.78 Å². The Labute approximate surface area is 193 Å². The number of carbonyl (C=O) groups excluding carboxylic acids is 1. The molecule has 0 saturated heterocycles. The van der Waals surface area contributed by atoms with Gasteiger partial charge in [0.25, 0.3) is 0 Å². The minimum absolute atomic E-state index is 0.275. The molecule has 1 aliphatic rings. The van der Waals surface area contributed by atoms with Crippen LogP contribution in [-0.2, 0) is 24.2 Å². The predicted octanol–water partition coefficient (Wildman–Crippen LogP) is 5.54. The number of ether oxygens (including phenoxy) is 1. The lowest BCUT2D eigenvalue weighted by atomic mass is 9.96. The molecule has 6 heteroatoms. The zero-order valence-corrected chi connectivity index (χ0v) is 18.5. The number of carbonyl (C=O) groups is 1. The fraction of sp³-hybridized carbons (Fsp3) is 0.296. The van der Waals surface area contributed by atoms with Crippen molar-refractivity contribution >= 4 is 17.7 Å². The Kier molecular flexibility index (Phi) is 7.55. The average molecular weight is 451 g/mol. The Hall–Kier alpha value is -3.41. The summed E-state index contributed by atoms with van der Waals surface area (Å²) in [6.45, 7) is 2.60. The van der Waals surface area contributed by atoms with Crippen molar-refractivity contribution in [2.45, 2.75) is 32.2 Å². The van der Waals surface area contributed by atoms with Crippen LogP contribution in [0.3, 0.4) is 0 Å². The first-order valence-corrected chi connectivity index (χ1v) is 11.3. The van der Waals surface area contributed by atoms with Gasteiger partial charge in [0.15, 0.2) is 11.6 Å². The largest absolute Gasteiger partial charge is 0.489 e. The number of hydrogen-bond acceptors (Lipinski definition) is 4. The van der Waals surface area contributed by atoms with Crippen LogP contribution in [0.5, 0.6) is 5.75 Å². The van der Waals surface area contributed by atoms with E-state index in [1.807, 2.05) is 12.1 Å². The summed E-state index contributed by atoms with van der Waals surface area (Å²) in [5.74, 6) is -0.367. The topological polar surface area (TPSA) is 41.6 Å². The van der Waals surface area contributed by atoms with Crippen LogP contribution in [0.2, 0.25) is 0 Å². The van der Waals surface area contributed by atoms with Crippen LogP contribution < -0.4 is 15.0 Å². The molecule has 0 aliphatic carbocycles. The van der Waals surface area contributed by atoms with E-state index in [9.17, 15) is 13.6 Å². The van der Waals surface area contributed by atoms with Gasteiger partial charge in [0, 0.05) is 30.9 Å². The van der Waals surface area contributed by atoms with Crippen molar-refractivity contribution in [1.29, 1.82) is 0 Å². The third-order valence-corrected chi connectivity index (χ3v) is 5.97. The monoisotopic (exact) mass is 450 g/mol. The number of fused-ring (bicyclic) bond motifs is 1. The molecule has 4 nitrogen and oxygen atoms in total. The molecule has 0 bridgehead atoms. The van der Waals surface area contributed by atoms with Crippen molar-refractivity contribution in [1.82, 2.24) is 0 Å². The van der Waals surface area contributed by atoms with Crippen LogP contribution >= 0.6 is 0 Å². The lowest BCUT2D eigenvalue weighted by Gasteiger charge is -2.32. The number of nitrogens with one attached hydrogen (secondary N) is 1. The molecule has 0 saturated carbocycles. The molecule has 4 rings (SSSR count). The summed E-state index contributed by atoms with van der Waals surface area (Å²) in [4.78, 5) is 12.8. The second-order valence-corrected chi connectivity index (χ2v) is 8.15. The van der Waals surface area contributed by atoms with Gasteiger partial charge in [0.1, 0.15) is 18.7 Å². The van der Waals surface area contributed by atoms with E-state index in [1.165, 1.54) is 28.9 Å². The lowest BCUT2D eigenvalue weighted by Crippen LogP contribution is -2.33. The molecule has 33 heavy (non-hydrogen) atoms. The molecule has 0 radical (unpaired) electrons. The third kappa shape index (κ3) is 5.69. The minimum Gasteiger partial charge on any atom is -0.489 e. The number of aldehydes is 1. The molecular formula is C27H28F2N2O2. The molecule has 0 spiro atoms. The van der Waals surface area contributed by atoms with Crippen molar-refractivity contribution < 1.29 is 18.3 Å². The second kappa shape index (κ2) is 10.9. The number of anilines is 2. The zero-order valence-electron chi connectivity index (χ0n) is 18.5. The molecule has 3 aromatic rings. The first-order valence-electron chi connectivity index (χ1n) is 11.3. The quantitative estimate of drug-likeness (QED) is 0.412. The van der Waals surface area contributed by atoms with Gasteiger partial charge < -0.3 is 19.7 Å². The Morgan fingerprint density at radius 1 is 1.00 bits per heavy atom. The van der Waals surface area contributed by atoms with Gasteiger partial charge in [0.2, 0.25) is 0 Å². The van der Waals surface area contributed by atoms with Crippen LogP contribution in [0.4, 0.5) is 20.2 Å². The van der Waals surface area contributed by atoms with Crippen LogP contribution in [-0.4, -0.2) is 26.0 Å². The van der Waals surface area contributed by atoms with Gasteiger partial charge in [0.05, 0.1) is 6.54 Å². The van der Waals surface area contributed by atoms with Crippen molar-refractivity contribution in [3.63, 3.8) is 0 Å². The SMILES string of the molecule is O=CCCc1ccc(NCc2cccc3c2CCCN3CCOc2ccccc2F)cc1F. The Morgan fingerprint density at radius 2 is 1.88 bits per heavy atom. The van der Waals surface area contributed by atoms with E-state index in [4.69, 9.17) is 4.74 Å². The van der Waals surface area contributed by atoms with E-state index >= 15 is 0 Å². The van der Waals surface area contributed by atoms with Crippen molar-refractivity contribution in [3.05, 3.63) is 89.0 Å². The summed E-state index contributed by atoms with van der Waals surface area (Å²) in [5, 5.41) is 3.33. The number of halogens is 2. The molecular weight excluding hydrogens is 422 g/mol. The number of nitrogens with zero attached hydrogens (tertiary/aromatic N) is 1. The van der Waals surface area contributed by atoms with E-state index in [0.717, 1.165) is 25.7 Å². The predicted molar refractivity (Wildman–Crippen MR) is 127 cm³/mol. The summed E-state index contributed by atoms with van der Waals surface area (Å²) in [5.41, 5.74) is 4.90. The molecule has 0 atom stereocenters. The summed E-state index contributed by atoms with van der Waals surface area (Å²) >= 11 is 0. The maximum atomic E-state index is 14.3. The number of hydrogen-bond donors (Lipinski definition) is 1. The second-order valence-electron chi connectivity index (χ2n) is 8.15. The molecule has 0 amide bonds. The fourth-order valence-corrected chi connectivity index (χ4v) is 4.27. The molecule has 1 N–H and O–H groups in total. The standard InChI is InChI=1S/C27H28F2N2O2/c28-24-9-1-2-11-27(24)33-17-15-31-14-4-8-23-21(6-3-10-26(23)31)19-30-22-13-12-20(7-5-16-32)25(29)18-22/h1-3,6,9-13,16,18,30H,4-5,7-8,14-15,17,19H2. The Bertz CT molecular complexity index is 1100. The lowest BCUT2D eigenvalue weighted by molar-refractivity contribution is -0.107. The highest BCUT2D eigenvalue weighted by atomic mass is 19.1. The van der Waals surface area contributed by atoms with Gasteiger partial charge in [-0.15, -0.1) is 0 Å². The van der Waals surface area contributed by atoms with Gasteiger partial charge >= 0.3 is 0 Å². The first-order chi connectivity index (χ1) is 16.2. The number of aryl methyl sites for hydroxylation is 1. The number of para-hydroxylation sites is 1. The van der Waals surface area contributed by atoms with E-state index < -0.39 is 0 Å². The van der Waals surface area contributed by atoms with E-state index in [1.54, 1.807) is 24.3 Å². The van der Waals surface area contributed by atoms with Gasteiger partial charge in [-0.1, -0.05) is 30.3 Å². The molecule has 3 aromatic carbocycles. The molecule has 0 aromatic heterocycles.